The van der Waals surface area contributed by atoms with Crippen LogP contribution in [0.4, 0.5) is 0 Å². The number of rotatable bonds is 6. The zero-order chi connectivity index (χ0) is 18.1. The molecule has 3 aromatic rings. The van der Waals surface area contributed by atoms with E-state index in [1.807, 2.05) is 73.1 Å². The van der Waals surface area contributed by atoms with Gasteiger partial charge in [0.15, 0.2) is 5.78 Å². The van der Waals surface area contributed by atoms with E-state index in [4.69, 9.17) is 4.98 Å². The summed E-state index contributed by atoms with van der Waals surface area (Å²) in [5.74, 6) is 1.60. The van der Waals surface area contributed by atoms with E-state index in [2.05, 4.69) is 5.10 Å². The van der Waals surface area contributed by atoms with E-state index in [0.717, 1.165) is 35.5 Å². The van der Waals surface area contributed by atoms with Gasteiger partial charge in [0.2, 0.25) is 5.16 Å². The van der Waals surface area contributed by atoms with Crippen molar-refractivity contribution in [3.8, 4) is 5.69 Å². The minimum absolute atomic E-state index is 0.110. The molecule has 0 bridgehead atoms. The van der Waals surface area contributed by atoms with Crippen LogP contribution in [0.25, 0.3) is 5.69 Å². The Hall–Kier alpha value is -2.40. The maximum atomic E-state index is 12.7. The molecule has 0 aliphatic heterocycles. The number of para-hydroxylation sites is 1. The number of hydrogen-bond donors (Lipinski definition) is 0. The van der Waals surface area contributed by atoms with Crippen LogP contribution in [-0.4, -0.2) is 25.8 Å². The van der Waals surface area contributed by atoms with Crippen molar-refractivity contribution >= 4 is 17.5 Å². The maximum absolute atomic E-state index is 12.7. The molecule has 0 unspecified atom stereocenters. The van der Waals surface area contributed by atoms with Crippen LogP contribution < -0.4 is 0 Å². The van der Waals surface area contributed by atoms with Crippen LogP contribution in [-0.2, 0) is 0 Å². The van der Waals surface area contributed by atoms with E-state index in [1.54, 1.807) is 0 Å². The second kappa shape index (κ2) is 7.08. The number of aryl methyl sites for hydroxylation is 1. The highest BCUT2D eigenvalue weighted by Crippen LogP contribution is 2.40. The molecule has 1 atom stereocenters. The van der Waals surface area contributed by atoms with E-state index >= 15 is 0 Å². The highest BCUT2D eigenvalue weighted by atomic mass is 32.2. The van der Waals surface area contributed by atoms with Gasteiger partial charge < -0.3 is 0 Å². The number of benzene rings is 2. The predicted octanol–water partition coefficient (Wildman–Crippen LogP) is 4.82. The van der Waals surface area contributed by atoms with Crippen molar-refractivity contribution in [2.45, 2.75) is 43.0 Å². The van der Waals surface area contributed by atoms with Gasteiger partial charge in [-0.1, -0.05) is 59.8 Å². The molecule has 0 saturated heterocycles. The van der Waals surface area contributed by atoms with E-state index in [9.17, 15) is 4.79 Å². The summed E-state index contributed by atoms with van der Waals surface area (Å²) >= 11 is 1.43. The molecular formula is C21H21N3OS. The topological polar surface area (TPSA) is 47.8 Å². The maximum Gasteiger partial charge on any atom is 0.209 e. The summed E-state index contributed by atoms with van der Waals surface area (Å²) in [4.78, 5) is 17.4. The molecule has 132 valence electrons. The second-order valence-corrected chi connectivity index (χ2v) is 8.07. The van der Waals surface area contributed by atoms with E-state index in [1.165, 1.54) is 11.8 Å². The molecule has 4 rings (SSSR count). The molecule has 1 aliphatic rings. The Kier molecular flexibility index (Phi) is 4.64. The lowest BCUT2D eigenvalue weighted by atomic mass is 10.1. The van der Waals surface area contributed by atoms with Crippen molar-refractivity contribution in [2.24, 2.45) is 0 Å². The fraction of sp³-hybridized carbons (Fsp3) is 0.286. The third kappa shape index (κ3) is 3.58. The lowest BCUT2D eigenvalue weighted by Crippen LogP contribution is -2.13. The van der Waals surface area contributed by atoms with Gasteiger partial charge in [-0.3, -0.25) is 4.79 Å². The molecular weight excluding hydrogens is 342 g/mol. The monoisotopic (exact) mass is 363 g/mol. The highest BCUT2D eigenvalue weighted by Gasteiger charge is 2.31. The van der Waals surface area contributed by atoms with Crippen LogP contribution >= 0.6 is 11.8 Å². The lowest BCUT2D eigenvalue weighted by Gasteiger charge is -2.08. The molecule has 1 aliphatic carbocycles. The Bertz CT molecular complexity index is 914. The summed E-state index contributed by atoms with van der Waals surface area (Å²) in [7, 11) is 0. The standard InChI is InChI=1S/C21H21N3OS/c1-14-8-10-16(11-9-14)19(25)15(2)26-21-22-20(17-12-13-17)24(23-21)18-6-4-3-5-7-18/h3-11,15,17H,12-13H2,1-2H3/t15-/m1/s1. The van der Waals surface area contributed by atoms with Crippen LogP contribution in [0.2, 0.25) is 0 Å². The Balaban J connectivity index is 1.56. The van der Waals surface area contributed by atoms with Gasteiger partial charge in [-0.2, -0.15) is 0 Å². The summed E-state index contributed by atoms with van der Waals surface area (Å²) in [5.41, 5.74) is 2.91. The first-order valence-electron chi connectivity index (χ1n) is 8.92. The Morgan fingerprint density at radius 1 is 1.12 bits per heavy atom. The van der Waals surface area contributed by atoms with Crippen LogP contribution in [0.15, 0.2) is 59.8 Å². The number of hydrogen-bond acceptors (Lipinski definition) is 4. The first-order chi connectivity index (χ1) is 12.6. The van der Waals surface area contributed by atoms with Gasteiger partial charge >= 0.3 is 0 Å². The van der Waals surface area contributed by atoms with Gasteiger partial charge in [-0.25, -0.2) is 9.67 Å². The number of Topliss-reactive ketones (excluding diaryl/α,β-unsaturated/α-hetero) is 1. The predicted molar refractivity (Wildman–Crippen MR) is 104 cm³/mol. The zero-order valence-corrected chi connectivity index (χ0v) is 15.7. The normalized spacial score (nSPS) is 15.0. The summed E-state index contributed by atoms with van der Waals surface area (Å²) in [5, 5.41) is 5.13. The Labute approximate surface area is 157 Å². The van der Waals surface area contributed by atoms with Crippen molar-refractivity contribution in [1.82, 2.24) is 14.8 Å². The number of nitrogens with zero attached hydrogens (tertiary/aromatic N) is 3. The second-order valence-electron chi connectivity index (χ2n) is 6.76. The fourth-order valence-electron chi connectivity index (χ4n) is 2.88. The van der Waals surface area contributed by atoms with Crippen LogP contribution in [0.5, 0.6) is 0 Å². The van der Waals surface area contributed by atoms with Gasteiger partial charge in [-0.05, 0) is 38.8 Å². The zero-order valence-electron chi connectivity index (χ0n) is 14.9. The van der Waals surface area contributed by atoms with E-state index < -0.39 is 0 Å². The van der Waals surface area contributed by atoms with Crippen molar-refractivity contribution < 1.29 is 4.79 Å². The third-order valence-electron chi connectivity index (χ3n) is 4.54. The number of thioether (sulfide) groups is 1. The molecule has 0 spiro atoms. The number of ketones is 1. The molecule has 26 heavy (non-hydrogen) atoms. The largest absolute Gasteiger partial charge is 0.293 e. The lowest BCUT2D eigenvalue weighted by molar-refractivity contribution is 0.0994. The van der Waals surface area contributed by atoms with Crippen molar-refractivity contribution in [3.63, 3.8) is 0 Å². The Morgan fingerprint density at radius 2 is 1.81 bits per heavy atom. The number of aromatic nitrogens is 3. The molecule has 1 aromatic heterocycles. The molecule has 0 radical (unpaired) electrons. The van der Waals surface area contributed by atoms with Gasteiger partial charge in [-0.15, -0.1) is 5.10 Å². The number of carbonyl (C=O) groups is 1. The molecule has 1 heterocycles. The summed E-state index contributed by atoms with van der Waals surface area (Å²) < 4.78 is 1.93. The summed E-state index contributed by atoms with van der Waals surface area (Å²) in [6.45, 7) is 3.94. The van der Waals surface area contributed by atoms with Crippen molar-refractivity contribution in [3.05, 3.63) is 71.5 Å². The summed E-state index contributed by atoms with van der Waals surface area (Å²) in [6.07, 6.45) is 2.32. The van der Waals surface area contributed by atoms with Crippen LogP contribution in [0.3, 0.4) is 0 Å². The molecule has 4 nitrogen and oxygen atoms in total. The van der Waals surface area contributed by atoms with Gasteiger partial charge in [0, 0.05) is 11.5 Å². The van der Waals surface area contributed by atoms with Gasteiger partial charge in [0.05, 0.1) is 10.9 Å². The van der Waals surface area contributed by atoms with Crippen molar-refractivity contribution in [1.29, 1.82) is 0 Å². The average molecular weight is 363 g/mol. The average Bonchev–Trinajstić information content (AvgIpc) is 3.43. The quantitative estimate of drug-likeness (QED) is 0.465. The number of carbonyl (C=O) groups excluding carboxylic acids is 1. The third-order valence-corrected chi connectivity index (χ3v) is 5.49. The molecule has 0 N–H and O–H groups in total. The molecule has 1 saturated carbocycles. The van der Waals surface area contributed by atoms with E-state index in [0.29, 0.717) is 11.1 Å². The molecule has 0 amide bonds. The molecule has 5 heteroatoms. The van der Waals surface area contributed by atoms with Gasteiger partial charge in [0.25, 0.3) is 0 Å². The molecule has 1 fully saturated rings. The fourth-order valence-corrected chi connectivity index (χ4v) is 3.72. The minimum Gasteiger partial charge on any atom is -0.293 e. The molecule has 2 aromatic carbocycles. The highest BCUT2D eigenvalue weighted by molar-refractivity contribution is 8.00. The Morgan fingerprint density at radius 3 is 2.46 bits per heavy atom. The minimum atomic E-state index is -0.226. The summed E-state index contributed by atoms with van der Waals surface area (Å²) in [6, 6.07) is 17.8. The first-order valence-corrected chi connectivity index (χ1v) is 9.79. The van der Waals surface area contributed by atoms with Crippen LogP contribution in [0, 0.1) is 6.92 Å². The van der Waals surface area contributed by atoms with Crippen LogP contribution in [0.1, 0.15) is 47.4 Å². The first kappa shape index (κ1) is 17.0. The van der Waals surface area contributed by atoms with E-state index in [-0.39, 0.29) is 11.0 Å². The SMILES string of the molecule is Cc1ccc(C(=O)[C@@H](C)Sc2nc(C3CC3)n(-c3ccccc3)n2)cc1. The van der Waals surface area contributed by atoms with Gasteiger partial charge in [0.1, 0.15) is 5.82 Å². The van der Waals surface area contributed by atoms with Crippen molar-refractivity contribution in [2.75, 3.05) is 0 Å². The smallest absolute Gasteiger partial charge is 0.209 e.